The third kappa shape index (κ3) is 5.88. The van der Waals surface area contributed by atoms with Crippen molar-refractivity contribution in [3.05, 3.63) is 46.8 Å². The number of aromatic nitrogens is 1. The molecule has 2 rings (SSSR count). The van der Waals surface area contributed by atoms with E-state index < -0.39 is 0 Å². The zero-order chi connectivity index (χ0) is 18.9. The number of para-hydroxylation sites is 1. The van der Waals surface area contributed by atoms with Gasteiger partial charge in [0.25, 0.3) is 5.91 Å². The lowest BCUT2D eigenvalue weighted by molar-refractivity contribution is 0.0921. The summed E-state index contributed by atoms with van der Waals surface area (Å²) in [5.74, 6) is 1.64. The van der Waals surface area contributed by atoms with Crippen molar-refractivity contribution in [2.24, 2.45) is 5.92 Å². The maximum absolute atomic E-state index is 12.4. The van der Waals surface area contributed by atoms with Crippen LogP contribution in [0.4, 0.5) is 0 Å². The molecule has 0 atom stereocenters. The Bertz CT molecular complexity index is 690. The number of carbonyl (C=O) groups excluding carboxylic acids is 1. The molecule has 0 aliphatic carbocycles. The fraction of sp³-hybridized carbons (Fsp3) is 0.500. The second-order valence-electron chi connectivity index (χ2n) is 6.67. The summed E-state index contributed by atoms with van der Waals surface area (Å²) in [5, 5.41) is 6.83. The smallest absolute Gasteiger partial charge is 0.255 e. The van der Waals surface area contributed by atoms with Crippen molar-refractivity contribution < 1.29 is 18.8 Å². The van der Waals surface area contributed by atoms with Gasteiger partial charge >= 0.3 is 0 Å². The quantitative estimate of drug-likeness (QED) is 0.655. The first-order valence-corrected chi connectivity index (χ1v) is 8.98. The van der Waals surface area contributed by atoms with E-state index in [9.17, 15) is 4.79 Å². The van der Waals surface area contributed by atoms with Gasteiger partial charge in [0.15, 0.2) is 0 Å². The Morgan fingerprint density at radius 2 is 2.04 bits per heavy atom. The maximum atomic E-state index is 12.4. The average molecular weight is 360 g/mol. The van der Waals surface area contributed by atoms with Gasteiger partial charge in [-0.3, -0.25) is 4.79 Å². The van der Waals surface area contributed by atoms with Crippen molar-refractivity contribution >= 4 is 5.91 Å². The first-order valence-electron chi connectivity index (χ1n) is 8.98. The second-order valence-corrected chi connectivity index (χ2v) is 6.67. The number of rotatable bonds is 10. The Hall–Kier alpha value is -2.34. The third-order valence-corrected chi connectivity index (χ3v) is 3.89. The van der Waals surface area contributed by atoms with E-state index in [1.807, 2.05) is 26.0 Å². The van der Waals surface area contributed by atoms with Crippen LogP contribution in [0.2, 0.25) is 0 Å². The largest absolute Gasteiger partial charge is 0.488 e. The number of hydrogen-bond acceptors (Lipinski definition) is 5. The minimum Gasteiger partial charge on any atom is -0.488 e. The van der Waals surface area contributed by atoms with Crippen molar-refractivity contribution in [3.8, 4) is 5.75 Å². The lowest BCUT2D eigenvalue weighted by Gasteiger charge is -2.12. The monoisotopic (exact) mass is 360 g/mol. The van der Waals surface area contributed by atoms with Crippen LogP contribution in [-0.2, 0) is 11.3 Å². The summed E-state index contributed by atoms with van der Waals surface area (Å²) < 4.78 is 16.5. The molecule has 26 heavy (non-hydrogen) atoms. The van der Waals surface area contributed by atoms with E-state index in [4.69, 9.17) is 14.0 Å². The van der Waals surface area contributed by atoms with E-state index >= 15 is 0 Å². The standard InChI is InChI=1S/C20H28N2O4/c1-14(2)12-24-11-7-10-21-20(23)17-8-5-6-9-19(17)25-13-18-15(3)22-26-16(18)4/h5-6,8-9,14H,7,10-13H2,1-4H3,(H,21,23). The molecule has 0 saturated carbocycles. The molecular weight excluding hydrogens is 332 g/mol. The summed E-state index contributed by atoms with van der Waals surface area (Å²) in [6, 6.07) is 7.22. The predicted molar refractivity (Wildman–Crippen MR) is 99.4 cm³/mol. The molecule has 1 heterocycles. The maximum Gasteiger partial charge on any atom is 0.255 e. The molecule has 1 amide bonds. The van der Waals surface area contributed by atoms with Crippen molar-refractivity contribution in [2.75, 3.05) is 19.8 Å². The highest BCUT2D eigenvalue weighted by Crippen LogP contribution is 2.21. The Balaban J connectivity index is 1.86. The Morgan fingerprint density at radius 1 is 1.27 bits per heavy atom. The zero-order valence-electron chi connectivity index (χ0n) is 16.0. The number of benzene rings is 1. The molecule has 1 N–H and O–H groups in total. The summed E-state index contributed by atoms with van der Waals surface area (Å²) in [5.41, 5.74) is 2.22. The fourth-order valence-corrected chi connectivity index (χ4v) is 2.43. The van der Waals surface area contributed by atoms with E-state index in [0.29, 0.717) is 37.0 Å². The minimum absolute atomic E-state index is 0.150. The Labute approximate surface area is 154 Å². The van der Waals surface area contributed by atoms with Crippen LogP contribution >= 0.6 is 0 Å². The van der Waals surface area contributed by atoms with Gasteiger partial charge in [0.1, 0.15) is 18.1 Å². The van der Waals surface area contributed by atoms with Gasteiger partial charge < -0.3 is 19.3 Å². The summed E-state index contributed by atoms with van der Waals surface area (Å²) in [4.78, 5) is 12.4. The normalized spacial score (nSPS) is 11.0. The predicted octanol–water partition coefficient (Wildman–Crippen LogP) is 3.66. The number of carbonyl (C=O) groups is 1. The molecule has 142 valence electrons. The molecule has 0 aliphatic heterocycles. The molecule has 1 aromatic heterocycles. The molecule has 0 aliphatic rings. The lowest BCUT2D eigenvalue weighted by Crippen LogP contribution is -2.26. The van der Waals surface area contributed by atoms with Crippen LogP contribution in [0.3, 0.4) is 0 Å². The highest BCUT2D eigenvalue weighted by molar-refractivity contribution is 5.96. The van der Waals surface area contributed by atoms with Gasteiger partial charge in [0.05, 0.1) is 16.8 Å². The minimum atomic E-state index is -0.150. The van der Waals surface area contributed by atoms with Gasteiger partial charge in [0, 0.05) is 19.8 Å². The highest BCUT2D eigenvalue weighted by atomic mass is 16.5. The van der Waals surface area contributed by atoms with E-state index in [0.717, 1.165) is 30.0 Å². The molecule has 0 unspecified atom stereocenters. The molecule has 0 radical (unpaired) electrons. The topological polar surface area (TPSA) is 73.6 Å². The molecule has 2 aromatic rings. The first-order chi connectivity index (χ1) is 12.5. The fourth-order valence-electron chi connectivity index (χ4n) is 2.43. The van der Waals surface area contributed by atoms with Crippen molar-refractivity contribution in [2.45, 2.75) is 40.7 Å². The van der Waals surface area contributed by atoms with Crippen LogP contribution in [-0.4, -0.2) is 30.8 Å². The molecule has 6 heteroatoms. The van der Waals surface area contributed by atoms with Crippen LogP contribution < -0.4 is 10.1 Å². The average Bonchev–Trinajstić information content (AvgIpc) is 2.94. The molecule has 0 saturated heterocycles. The number of nitrogens with one attached hydrogen (secondary N) is 1. The first kappa shape index (κ1) is 20.0. The van der Waals surface area contributed by atoms with E-state index in [-0.39, 0.29) is 5.91 Å². The lowest BCUT2D eigenvalue weighted by atomic mass is 10.1. The van der Waals surface area contributed by atoms with Crippen molar-refractivity contribution in [1.82, 2.24) is 10.5 Å². The SMILES string of the molecule is Cc1noc(C)c1COc1ccccc1C(=O)NCCCOCC(C)C. The van der Waals surface area contributed by atoms with Crippen molar-refractivity contribution in [1.29, 1.82) is 0 Å². The molecule has 1 aromatic carbocycles. The van der Waals surface area contributed by atoms with E-state index in [2.05, 4.69) is 24.3 Å². The molecule has 0 bridgehead atoms. The summed E-state index contributed by atoms with van der Waals surface area (Å²) >= 11 is 0. The number of amides is 1. The van der Waals surface area contributed by atoms with Crippen LogP contribution in [0.15, 0.2) is 28.8 Å². The van der Waals surface area contributed by atoms with Crippen LogP contribution in [0.5, 0.6) is 5.75 Å². The van der Waals surface area contributed by atoms with Gasteiger partial charge in [-0.05, 0) is 38.3 Å². The summed E-state index contributed by atoms with van der Waals surface area (Å²) in [6.07, 6.45) is 0.778. The third-order valence-electron chi connectivity index (χ3n) is 3.89. The van der Waals surface area contributed by atoms with Gasteiger partial charge in [-0.25, -0.2) is 0 Å². The van der Waals surface area contributed by atoms with Gasteiger partial charge in [-0.15, -0.1) is 0 Å². The molecule has 0 fully saturated rings. The van der Waals surface area contributed by atoms with Gasteiger partial charge in [0.2, 0.25) is 0 Å². The van der Waals surface area contributed by atoms with Crippen LogP contribution in [0.1, 0.15) is 47.6 Å². The van der Waals surface area contributed by atoms with Gasteiger partial charge in [-0.1, -0.05) is 31.1 Å². The Kier molecular flexibility index (Phi) is 7.66. The highest BCUT2D eigenvalue weighted by Gasteiger charge is 2.14. The van der Waals surface area contributed by atoms with Crippen LogP contribution in [0.25, 0.3) is 0 Å². The Morgan fingerprint density at radius 3 is 2.73 bits per heavy atom. The van der Waals surface area contributed by atoms with E-state index in [1.165, 1.54) is 0 Å². The van der Waals surface area contributed by atoms with Crippen LogP contribution in [0, 0.1) is 19.8 Å². The number of aryl methyl sites for hydroxylation is 2. The van der Waals surface area contributed by atoms with Gasteiger partial charge in [-0.2, -0.15) is 0 Å². The van der Waals surface area contributed by atoms with E-state index in [1.54, 1.807) is 12.1 Å². The summed E-state index contributed by atoms with van der Waals surface area (Å²) in [7, 11) is 0. The molecule has 0 spiro atoms. The number of hydrogen-bond donors (Lipinski definition) is 1. The molecule has 6 nitrogen and oxygen atoms in total. The number of nitrogens with zero attached hydrogens (tertiary/aromatic N) is 1. The summed E-state index contributed by atoms with van der Waals surface area (Å²) in [6.45, 7) is 10.2. The zero-order valence-corrected chi connectivity index (χ0v) is 16.0. The van der Waals surface area contributed by atoms with Crippen molar-refractivity contribution in [3.63, 3.8) is 0 Å². The number of ether oxygens (including phenoxy) is 2. The second kappa shape index (κ2) is 9.97. The molecular formula is C20H28N2O4.